The number of carbonyl (C=O) groups excluding carboxylic acids is 1. The second-order valence-electron chi connectivity index (χ2n) is 6.87. The third-order valence-electron chi connectivity index (χ3n) is 4.77. The lowest BCUT2D eigenvalue weighted by molar-refractivity contribution is -0.121. The molecule has 5 N–H and O–H groups in total. The van der Waals surface area contributed by atoms with Crippen LogP contribution in [0.3, 0.4) is 0 Å². The average Bonchev–Trinajstić information content (AvgIpc) is 2.81. The van der Waals surface area contributed by atoms with Gasteiger partial charge in [0.25, 0.3) is 0 Å². The van der Waals surface area contributed by atoms with Gasteiger partial charge in [0.15, 0.2) is 11.5 Å². The van der Waals surface area contributed by atoms with Crippen molar-refractivity contribution in [3.63, 3.8) is 0 Å². The maximum absolute atomic E-state index is 12.6. The number of nitrogens with two attached hydrogens (primary N) is 1. The number of nitrogen functional groups attached to an aromatic ring is 1. The van der Waals surface area contributed by atoms with Crippen LogP contribution in [-0.4, -0.2) is 25.9 Å². The maximum atomic E-state index is 12.6. The SMILES string of the molecule is CNC(=O)[C@@H](Nc1ccc(C(=N)N)cc1)c1ccc(OCc2ccccc2)c(OC)c1. The number of hydrogen-bond donors (Lipinski definition) is 4. The Labute approximate surface area is 181 Å². The van der Waals surface area contributed by atoms with Gasteiger partial charge >= 0.3 is 0 Å². The van der Waals surface area contributed by atoms with E-state index in [0.717, 1.165) is 16.8 Å². The molecular formula is C24H26N4O3. The minimum atomic E-state index is -0.648. The molecular weight excluding hydrogens is 392 g/mol. The molecule has 1 amide bonds. The molecule has 0 bridgehead atoms. The highest BCUT2D eigenvalue weighted by atomic mass is 16.5. The van der Waals surface area contributed by atoms with E-state index in [9.17, 15) is 4.79 Å². The molecule has 3 aromatic rings. The van der Waals surface area contributed by atoms with Crippen LogP contribution in [0.5, 0.6) is 11.5 Å². The van der Waals surface area contributed by atoms with Gasteiger partial charge in [-0.3, -0.25) is 10.2 Å². The summed E-state index contributed by atoms with van der Waals surface area (Å²) in [4.78, 5) is 12.6. The number of nitrogens with one attached hydrogen (secondary N) is 3. The maximum Gasteiger partial charge on any atom is 0.246 e. The summed E-state index contributed by atoms with van der Waals surface area (Å²) in [5, 5.41) is 13.4. The van der Waals surface area contributed by atoms with Gasteiger partial charge in [-0.1, -0.05) is 36.4 Å². The Morgan fingerprint density at radius 1 is 1.03 bits per heavy atom. The fourth-order valence-corrected chi connectivity index (χ4v) is 3.08. The van der Waals surface area contributed by atoms with Gasteiger partial charge in [-0.2, -0.15) is 0 Å². The van der Waals surface area contributed by atoms with Crippen LogP contribution in [0.25, 0.3) is 0 Å². The van der Waals surface area contributed by atoms with Crippen molar-refractivity contribution in [2.45, 2.75) is 12.6 Å². The summed E-state index contributed by atoms with van der Waals surface area (Å²) in [7, 11) is 3.15. The molecule has 0 fully saturated rings. The average molecular weight is 418 g/mol. The molecule has 7 nitrogen and oxygen atoms in total. The fourth-order valence-electron chi connectivity index (χ4n) is 3.08. The van der Waals surface area contributed by atoms with E-state index in [1.807, 2.05) is 36.4 Å². The lowest BCUT2D eigenvalue weighted by Crippen LogP contribution is -2.30. The molecule has 0 spiro atoms. The number of rotatable bonds is 9. The first kappa shape index (κ1) is 21.7. The highest BCUT2D eigenvalue weighted by molar-refractivity contribution is 5.95. The first-order chi connectivity index (χ1) is 15.0. The highest BCUT2D eigenvalue weighted by Crippen LogP contribution is 2.32. The molecule has 7 heteroatoms. The number of anilines is 1. The van der Waals surface area contributed by atoms with Crippen molar-refractivity contribution in [3.05, 3.63) is 89.5 Å². The van der Waals surface area contributed by atoms with Crippen molar-refractivity contribution in [1.29, 1.82) is 5.41 Å². The number of methoxy groups -OCH3 is 1. The quantitative estimate of drug-likeness (QED) is 0.314. The number of hydrogen-bond acceptors (Lipinski definition) is 5. The zero-order valence-corrected chi connectivity index (χ0v) is 17.5. The summed E-state index contributed by atoms with van der Waals surface area (Å²) in [6.07, 6.45) is 0. The van der Waals surface area contributed by atoms with Crippen molar-refractivity contribution >= 4 is 17.4 Å². The van der Waals surface area contributed by atoms with Crippen molar-refractivity contribution in [2.75, 3.05) is 19.5 Å². The zero-order chi connectivity index (χ0) is 22.2. The van der Waals surface area contributed by atoms with Gasteiger partial charge < -0.3 is 25.8 Å². The van der Waals surface area contributed by atoms with Crippen molar-refractivity contribution in [1.82, 2.24) is 5.32 Å². The van der Waals surface area contributed by atoms with Gasteiger partial charge in [-0.25, -0.2) is 0 Å². The van der Waals surface area contributed by atoms with Crippen LogP contribution in [0.2, 0.25) is 0 Å². The van der Waals surface area contributed by atoms with Crippen molar-refractivity contribution < 1.29 is 14.3 Å². The van der Waals surface area contributed by atoms with E-state index in [1.54, 1.807) is 50.6 Å². The first-order valence-electron chi connectivity index (χ1n) is 9.79. The van der Waals surface area contributed by atoms with E-state index in [1.165, 1.54) is 0 Å². The van der Waals surface area contributed by atoms with Gasteiger partial charge in [0.2, 0.25) is 5.91 Å². The number of likely N-dealkylation sites (N-methyl/N-ethyl adjacent to an activating group) is 1. The molecule has 1 atom stereocenters. The third-order valence-corrected chi connectivity index (χ3v) is 4.77. The van der Waals surface area contributed by atoms with Crippen molar-refractivity contribution in [3.8, 4) is 11.5 Å². The number of benzene rings is 3. The fraction of sp³-hybridized carbons (Fsp3) is 0.167. The number of ether oxygens (including phenoxy) is 2. The normalized spacial score (nSPS) is 11.3. The van der Waals surface area contributed by atoms with E-state index in [0.29, 0.717) is 23.7 Å². The van der Waals surface area contributed by atoms with Crippen molar-refractivity contribution in [2.24, 2.45) is 5.73 Å². The summed E-state index contributed by atoms with van der Waals surface area (Å²) >= 11 is 0. The predicted octanol–water partition coefficient (Wildman–Crippen LogP) is 3.46. The molecule has 160 valence electrons. The molecule has 0 aliphatic carbocycles. The molecule has 0 saturated carbocycles. The van der Waals surface area contributed by atoms with E-state index in [-0.39, 0.29) is 11.7 Å². The summed E-state index contributed by atoms with van der Waals surface area (Å²) in [6, 6.07) is 21.6. The molecule has 0 radical (unpaired) electrons. The van der Waals surface area contributed by atoms with Gasteiger partial charge in [-0.15, -0.1) is 0 Å². The second-order valence-corrected chi connectivity index (χ2v) is 6.87. The Bertz CT molecular complexity index is 1040. The Morgan fingerprint density at radius 2 is 1.74 bits per heavy atom. The Balaban J connectivity index is 1.81. The molecule has 3 rings (SSSR count). The number of amides is 1. The van der Waals surface area contributed by atoms with Gasteiger partial charge in [-0.05, 0) is 47.5 Å². The topological polar surface area (TPSA) is 109 Å². The Morgan fingerprint density at radius 3 is 2.35 bits per heavy atom. The van der Waals surface area contributed by atoms with Gasteiger partial charge in [0.1, 0.15) is 18.5 Å². The molecule has 0 aromatic heterocycles. The largest absolute Gasteiger partial charge is 0.493 e. The molecule has 0 aliphatic heterocycles. The Kier molecular flexibility index (Phi) is 7.11. The van der Waals surface area contributed by atoms with Crippen LogP contribution < -0.4 is 25.8 Å². The Hall–Kier alpha value is -4.00. The molecule has 0 saturated heterocycles. The minimum Gasteiger partial charge on any atom is -0.493 e. The first-order valence-corrected chi connectivity index (χ1v) is 9.79. The van der Waals surface area contributed by atoms with E-state index < -0.39 is 6.04 Å². The molecule has 0 unspecified atom stereocenters. The minimum absolute atomic E-state index is 0.00905. The third kappa shape index (κ3) is 5.54. The summed E-state index contributed by atoms with van der Waals surface area (Å²) in [5.41, 5.74) is 8.62. The summed E-state index contributed by atoms with van der Waals surface area (Å²) < 4.78 is 11.4. The van der Waals surface area contributed by atoms with Gasteiger partial charge in [0, 0.05) is 18.3 Å². The lowest BCUT2D eigenvalue weighted by Gasteiger charge is -2.21. The predicted molar refractivity (Wildman–Crippen MR) is 122 cm³/mol. The molecule has 3 aromatic carbocycles. The zero-order valence-electron chi connectivity index (χ0n) is 17.5. The molecule has 31 heavy (non-hydrogen) atoms. The monoisotopic (exact) mass is 418 g/mol. The van der Waals surface area contributed by atoms with Crippen LogP contribution in [0.15, 0.2) is 72.8 Å². The van der Waals surface area contributed by atoms with E-state index in [2.05, 4.69) is 10.6 Å². The summed E-state index contributed by atoms with van der Waals surface area (Å²) in [5.74, 6) is 0.925. The van der Waals surface area contributed by atoms with Crippen LogP contribution >= 0.6 is 0 Å². The summed E-state index contributed by atoms with van der Waals surface area (Å²) in [6.45, 7) is 0.413. The standard InChI is InChI=1S/C24H26N4O3/c1-27-24(29)22(28-19-11-8-17(9-12-19)23(25)26)18-10-13-20(21(14-18)30-2)31-15-16-6-4-3-5-7-16/h3-14,22,28H,15H2,1-2H3,(H3,25,26)(H,27,29)/t22-/m0/s1. The van der Waals surface area contributed by atoms with E-state index >= 15 is 0 Å². The molecule has 0 heterocycles. The number of carbonyl (C=O) groups is 1. The second kappa shape index (κ2) is 10.2. The number of amidine groups is 1. The molecule has 0 aliphatic rings. The highest BCUT2D eigenvalue weighted by Gasteiger charge is 2.21. The van der Waals surface area contributed by atoms with Crippen LogP contribution in [0, 0.1) is 5.41 Å². The lowest BCUT2D eigenvalue weighted by atomic mass is 10.0. The smallest absolute Gasteiger partial charge is 0.246 e. The van der Waals surface area contributed by atoms with Crippen LogP contribution in [0.4, 0.5) is 5.69 Å². The van der Waals surface area contributed by atoms with Crippen LogP contribution in [-0.2, 0) is 11.4 Å². The van der Waals surface area contributed by atoms with Gasteiger partial charge in [0.05, 0.1) is 7.11 Å². The van der Waals surface area contributed by atoms with E-state index in [4.69, 9.17) is 20.6 Å². The van der Waals surface area contributed by atoms with Crippen LogP contribution in [0.1, 0.15) is 22.7 Å².